The summed E-state index contributed by atoms with van der Waals surface area (Å²) in [6.07, 6.45) is 0.0650. The van der Waals surface area contributed by atoms with Crippen molar-refractivity contribution in [1.82, 2.24) is 35.4 Å². The first-order valence-corrected chi connectivity index (χ1v) is 12.6. The molecule has 3 aliphatic rings. The third-order valence-electron chi connectivity index (χ3n) is 7.32. The van der Waals surface area contributed by atoms with Gasteiger partial charge in [0.1, 0.15) is 11.8 Å². The SMILES string of the molecule is C[C@H](O)C(=O)N1CCC(N2CC(n3cc(NC(=O)c4cccc(C5CCNN5)n4)c(C(F)F)n3)C2)CC1. The van der Waals surface area contributed by atoms with E-state index in [0.717, 1.165) is 25.8 Å². The first-order valence-electron chi connectivity index (χ1n) is 12.6. The number of aliphatic hydroxyl groups is 1. The molecule has 3 saturated heterocycles. The van der Waals surface area contributed by atoms with Gasteiger partial charge in [0.2, 0.25) is 0 Å². The molecule has 200 valence electrons. The number of alkyl halides is 2. The van der Waals surface area contributed by atoms with Crippen molar-refractivity contribution in [2.45, 2.75) is 56.8 Å². The van der Waals surface area contributed by atoms with E-state index in [4.69, 9.17) is 0 Å². The molecule has 0 spiro atoms. The highest BCUT2D eigenvalue weighted by atomic mass is 19.3. The van der Waals surface area contributed by atoms with Crippen molar-refractivity contribution in [2.24, 2.45) is 0 Å². The summed E-state index contributed by atoms with van der Waals surface area (Å²) in [5.74, 6) is -0.817. The van der Waals surface area contributed by atoms with Crippen LogP contribution in [0.25, 0.3) is 0 Å². The lowest BCUT2D eigenvalue weighted by Crippen LogP contribution is -2.56. The Hall–Kier alpha value is -3.00. The van der Waals surface area contributed by atoms with Gasteiger partial charge in [-0.1, -0.05) is 6.07 Å². The van der Waals surface area contributed by atoms with Crippen LogP contribution in [0.4, 0.5) is 14.5 Å². The number of likely N-dealkylation sites (tertiary alicyclic amines) is 2. The summed E-state index contributed by atoms with van der Waals surface area (Å²) in [6.45, 7) is 4.75. The summed E-state index contributed by atoms with van der Waals surface area (Å²) in [7, 11) is 0. The third-order valence-corrected chi connectivity index (χ3v) is 7.32. The van der Waals surface area contributed by atoms with Gasteiger partial charge in [0.05, 0.1) is 23.5 Å². The van der Waals surface area contributed by atoms with Crippen LogP contribution in [-0.2, 0) is 4.79 Å². The number of rotatable bonds is 7. The number of carbonyl (C=O) groups excluding carboxylic acids is 2. The number of hydrogen-bond donors (Lipinski definition) is 4. The molecule has 0 aromatic carbocycles. The topological polar surface area (TPSA) is 128 Å². The molecule has 3 fully saturated rings. The van der Waals surface area contributed by atoms with Crippen molar-refractivity contribution < 1.29 is 23.5 Å². The second-order valence-corrected chi connectivity index (χ2v) is 9.86. The van der Waals surface area contributed by atoms with E-state index in [1.165, 1.54) is 17.8 Å². The number of amides is 2. The summed E-state index contributed by atoms with van der Waals surface area (Å²) in [6, 6.07) is 5.30. The molecule has 1 unspecified atom stereocenters. The fourth-order valence-electron chi connectivity index (χ4n) is 5.18. The van der Waals surface area contributed by atoms with Crippen LogP contribution >= 0.6 is 0 Å². The van der Waals surface area contributed by atoms with Gasteiger partial charge < -0.3 is 15.3 Å². The average molecular weight is 519 g/mol. The Morgan fingerprint density at radius 1 is 1.16 bits per heavy atom. The largest absolute Gasteiger partial charge is 0.384 e. The van der Waals surface area contributed by atoms with Gasteiger partial charge in [-0.05, 0) is 38.3 Å². The molecule has 3 aliphatic heterocycles. The predicted octanol–water partition coefficient (Wildman–Crippen LogP) is 1.24. The van der Waals surface area contributed by atoms with Gasteiger partial charge in [-0.15, -0.1) is 0 Å². The van der Waals surface area contributed by atoms with Gasteiger partial charge in [0.25, 0.3) is 18.2 Å². The molecule has 13 heteroatoms. The Balaban J connectivity index is 1.20. The van der Waals surface area contributed by atoms with E-state index in [1.54, 1.807) is 17.0 Å². The smallest absolute Gasteiger partial charge is 0.284 e. The van der Waals surface area contributed by atoms with E-state index in [-0.39, 0.29) is 29.4 Å². The molecule has 2 aromatic heterocycles. The molecule has 2 aromatic rings. The minimum atomic E-state index is -2.84. The molecule has 2 atom stereocenters. The van der Waals surface area contributed by atoms with Crippen molar-refractivity contribution in [2.75, 3.05) is 38.0 Å². The number of pyridine rings is 1. The van der Waals surface area contributed by atoms with Gasteiger partial charge in [0.15, 0.2) is 5.69 Å². The summed E-state index contributed by atoms with van der Waals surface area (Å²) in [5.41, 5.74) is 6.49. The van der Waals surface area contributed by atoms with Crippen LogP contribution in [0.2, 0.25) is 0 Å². The van der Waals surface area contributed by atoms with E-state index in [0.29, 0.717) is 37.9 Å². The standard InChI is InChI=1S/C24H32F2N8O3/c1-14(35)24(37)32-9-6-15(7-10-32)33-11-16(12-33)34-13-20(21(31-34)22(25)26)29-23(36)19-4-2-3-17(28-19)18-5-8-27-30-18/h2-4,13-16,18,22,27,30,35H,5-12H2,1H3,(H,29,36)/t14-,18?/m0/s1. The number of carbonyl (C=O) groups is 2. The summed E-state index contributed by atoms with van der Waals surface area (Å²) < 4.78 is 29.0. The number of nitrogens with one attached hydrogen (secondary N) is 3. The number of anilines is 1. The number of nitrogens with zero attached hydrogens (tertiary/aromatic N) is 5. The molecule has 2 amide bonds. The Labute approximate surface area is 213 Å². The summed E-state index contributed by atoms with van der Waals surface area (Å²) >= 11 is 0. The Morgan fingerprint density at radius 3 is 2.57 bits per heavy atom. The van der Waals surface area contributed by atoms with Gasteiger partial charge in [0, 0.05) is 45.0 Å². The molecular formula is C24H32F2N8O3. The monoisotopic (exact) mass is 518 g/mol. The van der Waals surface area contributed by atoms with E-state index >= 15 is 0 Å². The average Bonchev–Trinajstić information content (AvgIpc) is 3.54. The highest BCUT2D eigenvalue weighted by molar-refractivity contribution is 6.03. The van der Waals surface area contributed by atoms with Crippen molar-refractivity contribution in [1.29, 1.82) is 0 Å². The van der Waals surface area contributed by atoms with Crippen LogP contribution in [-0.4, -0.2) is 86.4 Å². The normalized spacial score (nSPS) is 22.3. The summed E-state index contributed by atoms with van der Waals surface area (Å²) in [5, 5.41) is 16.2. The zero-order chi connectivity index (χ0) is 26.1. The molecule has 0 aliphatic carbocycles. The number of halogens is 2. The molecule has 11 nitrogen and oxygen atoms in total. The highest BCUT2D eigenvalue weighted by Gasteiger charge is 2.37. The number of aromatic nitrogens is 3. The van der Waals surface area contributed by atoms with Crippen molar-refractivity contribution >= 4 is 17.5 Å². The van der Waals surface area contributed by atoms with Crippen molar-refractivity contribution in [3.05, 3.63) is 41.5 Å². The van der Waals surface area contributed by atoms with Crippen LogP contribution in [0.1, 0.15) is 66.6 Å². The Bertz CT molecular complexity index is 1120. The predicted molar refractivity (Wildman–Crippen MR) is 130 cm³/mol. The maximum absolute atomic E-state index is 13.8. The first-order chi connectivity index (χ1) is 17.8. The lowest BCUT2D eigenvalue weighted by Gasteiger charge is -2.47. The molecular weight excluding hydrogens is 486 g/mol. The Kier molecular flexibility index (Phi) is 7.47. The minimum absolute atomic E-state index is 0.0142. The maximum atomic E-state index is 13.8. The number of aliphatic hydroxyl groups excluding tert-OH is 1. The quantitative estimate of drug-likeness (QED) is 0.431. The van der Waals surface area contributed by atoms with Gasteiger partial charge in [-0.25, -0.2) is 19.2 Å². The lowest BCUT2D eigenvalue weighted by atomic mass is 9.97. The van der Waals surface area contributed by atoms with Crippen LogP contribution in [0.3, 0.4) is 0 Å². The molecule has 0 saturated carbocycles. The van der Waals surface area contributed by atoms with Crippen LogP contribution in [0.15, 0.2) is 24.4 Å². The molecule has 0 bridgehead atoms. The van der Waals surface area contributed by atoms with E-state index in [9.17, 15) is 23.5 Å². The second kappa shape index (κ2) is 10.8. The van der Waals surface area contributed by atoms with Crippen LogP contribution in [0, 0.1) is 0 Å². The van der Waals surface area contributed by atoms with E-state index in [1.807, 2.05) is 6.07 Å². The zero-order valence-electron chi connectivity index (χ0n) is 20.6. The molecule has 5 heterocycles. The highest BCUT2D eigenvalue weighted by Crippen LogP contribution is 2.32. The number of piperidine rings is 1. The maximum Gasteiger partial charge on any atom is 0.284 e. The molecule has 37 heavy (non-hydrogen) atoms. The van der Waals surface area contributed by atoms with Gasteiger partial charge in [-0.2, -0.15) is 5.10 Å². The minimum Gasteiger partial charge on any atom is -0.384 e. The Morgan fingerprint density at radius 2 is 1.92 bits per heavy atom. The molecule has 0 radical (unpaired) electrons. The van der Waals surface area contributed by atoms with Crippen LogP contribution in [0.5, 0.6) is 0 Å². The number of hydrogen-bond acceptors (Lipinski definition) is 8. The number of hydrazine groups is 1. The van der Waals surface area contributed by atoms with E-state index in [2.05, 4.69) is 31.2 Å². The van der Waals surface area contributed by atoms with Gasteiger partial charge >= 0.3 is 0 Å². The van der Waals surface area contributed by atoms with Crippen LogP contribution < -0.4 is 16.2 Å². The first kappa shape index (κ1) is 25.6. The second-order valence-electron chi connectivity index (χ2n) is 9.86. The third kappa shape index (κ3) is 5.49. The molecule has 4 N–H and O–H groups in total. The van der Waals surface area contributed by atoms with Crippen molar-refractivity contribution in [3.63, 3.8) is 0 Å². The molecule has 5 rings (SSSR count). The fourth-order valence-corrected chi connectivity index (χ4v) is 5.18. The van der Waals surface area contributed by atoms with Gasteiger partial charge in [-0.3, -0.25) is 24.6 Å². The fraction of sp³-hybridized carbons (Fsp3) is 0.583. The zero-order valence-corrected chi connectivity index (χ0v) is 20.6. The van der Waals surface area contributed by atoms with E-state index < -0.39 is 24.1 Å². The lowest BCUT2D eigenvalue weighted by molar-refractivity contribution is -0.141. The van der Waals surface area contributed by atoms with Crippen molar-refractivity contribution in [3.8, 4) is 0 Å². The summed E-state index contributed by atoms with van der Waals surface area (Å²) in [4.78, 5) is 33.2.